The quantitative estimate of drug-likeness (QED) is 0.554. The molecule has 0 unspecified atom stereocenters. The van der Waals surface area contributed by atoms with Gasteiger partial charge < -0.3 is 14.8 Å². The Hall–Kier alpha value is -4.06. The minimum Gasteiger partial charge on any atom is -0.497 e. The lowest BCUT2D eigenvalue weighted by Crippen LogP contribution is -2.32. The molecular formula is C26H24N2O4. The maximum atomic E-state index is 13.6. The standard InChI is InChI=1S/C26H24N2O4/c1-4-17-12-14-19(15-13-17)28-25(29)23(21-10-5-6-11-22(21)32-3)24(26(28)30)27-18-8-7-9-20(16-18)31-2/h5-16,27H,4H2,1-3H3. The van der Waals surface area contributed by atoms with Gasteiger partial charge in [0.1, 0.15) is 17.2 Å². The molecule has 0 aliphatic carbocycles. The minimum absolute atomic E-state index is 0.187. The van der Waals surface area contributed by atoms with Gasteiger partial charge >= 0.3 is 0 Å². The Morgan fingerprint density at radius 2 is 1.59 bits per heavy atom. The zero-order valence-electron chi connectivity index (χ0n) is 18.2. The van der Waals surface area contributed by atoms with Crippen LogP contribution < -0.4 is 19.7 Å². The molecule has 0 saturated heterocycles. The summed E-state index contributed by atoms with van der Waals surface area (Å²) in [5.41, 5.74) is 3.28. The van der Waals surface area contributed by atoms with Gasteiger partial charge in [-0.15, -0.1) is 0 Å². The van der Waals surface area contributed by atoms with Gasteiger partial charge in [-0.3, -0.25) is 9.59 Å². The monoisotopic (exact) mass is 428 g/mol. The van der Waals surface area contributed by atoms with Crippen LogP contribution in [0.1, 0.15) is 18.1 Å². The van der Waals surface area contributed by atoms with Gasteiger partial charge in [0.05, 0.1) is 25.5 Å². The molecule has 6 heteroatoms. The number of carbonyl (C=O) groups is 2. The topological polar surface area (TPSA) is 67.9 Å². The number of para-hydroxylation sites is 1. The smallest absolute Gasteiger partial charge is 0.282 e. The van der Waals surface area contributed by atoms with Gasteiger partial charge in [-0.05, 0) is 42.3 Å². The fourth-order valence-corrected chi connectivity index (χ4v) is 3.71. The van der Waals surface area contributed by atoms with Crippen LogP contribution in [0.2, 0.25) is 0 Å². The summed E-state index contributed by atoms with van der Waals surface area (Å²) in [5.74, 6) is 0.312. The summed E-state index contributed by atoms with van der Waals surface area (Å²) in [6.45, 7) is 2.05. The van der Waals surface area contributed by atoms with Crippen LogP contribution in [0.4, 0.5) is 11.4 Å². The zero-order valence-corrected chi connectivity index (χ0v) is 18.2. The van der Waals surface area contributed by atoms with Crippen molar-refractivity contribution < 1.29 is 19.1 Å². The summed E-state index contributed by atoms with van der Waals surface area (Å²) in [6, 6.07) is 21.8. The van der Waals surface area contributed by atoms with E-state index in [1.54, 1.807) is 37.4 Å². The van der Waals surface area contributed by atoms with Gasteiger partial charge in [0.2, 0.25) is 0 Å². The highest BCUT2D eigenvalue weighted by Gasteiger charge is 2.41. The van der Waals surface area contributed by atoms with E-state index in [1.807, 2.05) is 42.5 Å². The summed E-state index contributed by atoms with van der Waals surface area (Å²) in [7, 11) is 3.11. The van der Waals surface area contributed by atoms with E-state index in [9.17, 15) is 9.59 Å². The Morgan fingerprint density at radius 1 is 0.844 bits per heavy atom. The van der Waals surface area contributed by atoms with Crippen LogP contribution in [0.5, 0.6) is 11.5 Å². The second kappa shape index (κ2) is 8.98. The van der Waals surface area contributed by atoms with E-state index in [2.05, 4.69) is 12.2 Å². The minimum atomic E-state index is -0.428. The second-order valence-corrected chi connectivity index (χ2v) is 7.27. The Labute approximate surface area is 187 Å². The van der Waals surface area contributed by atoms with E-state index in [1.165, 1.54) is 12.0 Å². The van der Waals surface area contributed by atoms with E-state index in [4.69, 9.17) is 9.47 Å². The Balaban J connectivity index is 1.83. The van der Waals surface area contributed by atoms with Crippen LogP contribution in [0.15, 0.2) is 78.5 Å². The molecule has 0 spiro atoms. The van der Waals surface area contributed by atoms with E-state index in [0.29, 0.717) is 28.4 Å². The van der Waals surface area contributed by atoms with Crippen molar-refractivity contribution in [1.29, 1.82) is 0 Å². The third-order valence-electron chi connectivity index (χ3n) is 5.40. The van der Waals surface area contributed by atoms with Gasteiger partial charge in [-0.2, -0.15) is 0 Å². The molecule has 1 N–H and O–H groups in total. The van der Waals surface area contributed by atoms with E-state index in [0.717, 1.165) is 12.0 Å². The van der Waals surface area contributed by atoms with Crippen molar-refractivity contribution in [3.63, 3.8) is 0 Å². The summed E-state index contributed by atoms with van der Waals surface area (Å²) in [5, 5.41) is 3.15. The summed E-state index contributed by atoms with van der Waals surface area (Å²) in [4.78, 5) is 28.3. The summed E-state index contributed by atoms with van der Waals surface area (Å²) < 4.78 is 10.8. The molecule has 4 rings (SSSR count). The third-order valence-corrected chi connectivity index (χ3v) is 5.40. The first kappa shape index (κ1) is 21.2. The number of imide groups is 1. The fourth-order valence-electron chi connectivity index (χ4n) is 3.71. The number of carbonyl (C=O) groups excluding carboxylic acids is 2. The van der Waals surface area contributed by atoms with Gasteiger partial charge in [0.25, 0.3) is 11.8 Å². The van der Waals surface area contributed by atoms with Crippen molar-refractivity contribution in [2.45, 2.75) is 13.3 Å². The molecule has 1 aliphatic rings. The lowest BCUT2D eigenvalue weighted by molar-refractivity contribution is -0.120. The van der Waals surface area contributed by atoms with Gasteiger partial charge in [0.15, 0.2) is 0 Å². The third kappa shape index (κ3) is 3.83. The highest BCUT2D eigenvalue weighted by molar-refractivity contribution is 6.46. The molecule has 3 aromatic rings. The molecule has 32 heavy (non-hydrogen) atoms. The Kier molecular flexibility index (Phi) is 5.94. The molecule has 1 aliphatic heterocycles. The molecule has 1 heterocycles. The van der Waals surface area contributed by atoms with Gasteiger partial charge in [-0.25, -0.2) is 4.90 Å². The van der Waals surface area contributed by atoms with Crippen molar-refractivity contribution in [2.24, 2.45) is 0 Å². The van der Waals surface area contributed by atoms with Crippen molar-refractivity contribution in [2.75, 3.05) is 24.4 Å². The number of aryl methyl sites for hydroxylation is 1. The molecular weight excluding hydrogens is 404 g/mol. The second-order valence-electron chi connectivity index (χ2n) is 7.27. The highest BCUT2D eigenvalue weighted by Crippen LogP contribution is 2.37. The molecule has 6 nitrogen and oxygen atoms in total. The number of hydrogen-bond donors (Lipinski definition) is 1. The summed E-state index contributed by atoms with van der Waals surface area (Å²) >= 11 is 0. The van der Waals surface area contributed by atoms with E-state index >= 15 is 0 Å². The molecule has 3 aromatic carbocycles. The first-order valence-electron chi connectivity index (χ1n) is 10.3. The Bertz CT molecular complexity index is 1200. The molecule has 0 aromatic heterocycles. The van der Waals surface area contributed by atoms with Crippen molar-refractivity contribution >= 4 is 28.8 Å². The number of nitrogens with zero attached hydrogens (tertiary/aromatic N) is 1. The zero-order chi connectivity index (χ0) is 22.7. The van der Waals surface area contributed by atoms with Crippen molar-refractivity contribution in [1.82, 2.24) is 0 Å². The number of methoxy groups -OCH3 is 2. The number of rotatable bonds is 7. The van der Waals surface area contributed by atoms with Crippen molar-refractivity contribution in [3.05, 3.63) is 89.6 Å². The van der Waals surface area contributed by atoms with Crippen LogP contribution >= 0.6 is 0 Å². The van der Waals surface area contributed by atoms with E-state index < -0.39 is 11.8 Å². The average Bonchev–Trinajstić information content (AvgIpc) is 3.08. The molecule has 2 amide bonds. The first-order valence-corrected chi connectivity index (χ1v) is 10.3. The maximum Gasteiger partial charge on any atom is 0.282 e. The molecule has 0 fully saturated rings. The summed E-state index contributed by atoms with van der Waals surface area (Å²) in [6.07, 6.45) is 0.871. The molecule has 162 valence electrons. The number of ether oxygens (including phenoxy) is 2. The van der Waals surface area contributed by atoms with Gasteiger partial charge in [-0.1, -0.05) is 43.3 Å². The molecule has 0 bridgehead atoms. The molecule has 0 radical (unpaired) electrons. The first-order chi connectivity index (χ1) is 15.6. The number of benzene rings is 3. The normalized spacial score (nSPS) is 13.5. The molecule has 0 saturated carbocycles. The number of anilines is 2. The van der Waals surface area contributed by atoms with Crippen LogP contribution in [0, 0.1) is 0 Å². The molecule has 0 atom stereocenters. The lowest BCUT2D eigenvalue weighted by atomic mass is 10.0. The average molecular weight is 428 g/mol. The SMILES string of the molecule is CCc1ccc(N2C(=O)C(Nc3cccc(OC)c3)=C(c3ccccc3OC)C2=O)cc1. The van der Waals surface area contributed by atoms with E-state index in [-0.39, 0.29) is 11.3 Å². The number of amides is 2. The lowest BCUT2D eigenvalue weighted by Gasteiger charge is -2.16. The predicted octanol–water partition coefficient (Wildman–Crippen LogP) is 4.66. The maximum absolute atomic E-state index is 13.6. The predicted molar refractivity (Wildman–Crippen MR) is 125 cm³/mol. The van der Waals surface area contributed by atoms with Crippen LogP contribution in [-0.2, 0) is 16.0 Å². The van der Waals surface area contributed by atoms with Crippen LogP contribution in [-0.4, -0.2) is 26.0 Å². The number of hydrogen-bond acceptors (Lipinski definition) is 5. The van der Waals surface area contributed by atoms with Crippen LogP contribution in [0.25, 0.3) is 5.57 Å². The fraction of sp³-hybridized carbons (Fsp3) is 0.154. The van der Waals surface area contributed by atoms with Gasteiger partial charge in [0, 0.05) is 17.3 Å². The highest BCUT2D eigenvalue weighted by atomic mass is 16.5. The number of nitrogens with one attached hydrogen (secondary N) is 1. The van der Waals surface area contributed by atoms with Crippen molar-refractivity contribution in [3.8, 4) is 11.5 Å². The largest absolute Gasteiger partial charge is 0.497 e. The van der Waals surface area contributed by atoms with Crippen LogP contribution in [0.3, 0.4) is 0 Å². The Morgan fingerprint density at radius 3 is 2.28 bits per heavy atom.